The summed E-state index contributed by atoms with van der Waals surface area (Å²) in [7, 11) is 3.63. The lowest BCUT2D eigenvalue weighted by atomic mass is 10.1. The van der Waals surface area contributed by atoms with Gasteiger partial charge in [0, 0.05) is 26.3 Å². The standard InChI is InChI=1S/C10H7NS2/c11-7-4-5-9-10-6(7)2-1-3-8(10)12-13-9/h1-5H,11H2. The van der Waals surface area contributed by atoms with E-state index in [1.807, 2.05) is 27.7 Å². The second-order valence-electron chi connectivity index (χ2n) is 3.00. The van der Waals surface area contributed by atoms with Crippen LogP contribution in [0.15, 0.2) is 40.1 Å². The van der Waals surface area contributed by atoms with Crippen molar-refractivity contribution in [2.24, 2.45) is 0 Å². The van der Waals surface area contributed by atoms with Crippen LogP contribution in [0.4, 0.5) is 5.69 Å². The Bertz CT molecular complexity index is 483. The van der Waals surface area contributed by atoms with Gasteiger partial charge in [-0.15, -0.1) is 0 Å². The molecule has 0 saturated carbocycles. The SMILES string of the molecule is Nc1ccc2c3c(cccc13)SS2. The highest BCUT2D eigenvalue weighted by molar-refractivity contribution is 8.77. The molecule has 0 unspecified atom stereocenters. The molecule has 1 aliphatic heterocycles. The van der Waals surface area contributed by atoms with Crippen molar-refractivity contribution in [3.63, 3.8) is 0 Å². The summed E-state index contributed by atoms with van der Waals surface area (Å²) in [5, 5.41) is 2.52. The Morgan fingerprint density at radius 1 is 0.923 bits per heavy atom. The summed E-state index contributed by atoms with van der Waals surface area (Å²) in [6.07, 6.45) is 0. The van der Waals surface area contributed by atoms with E-state index >= 15 is 0 Å². The quantitative estimate of drug-likeness (QED) is 0.526. The van der Waals surface area contributed by atoms with Gasteiger partial charge >= 0.3 is 0 Å². The van der Waals surface area contributed by atoms with Gasteiger partial charge in [0.25, 0.3) is 0 Å². The van der Waals surface area contributed by atoms with Crippen LogP contribution >= 0.6 is 21.6 Å². The maximum absolute atomic E-state index is 5.90. The Balaban J connectivity index is 2.58. The van der Waals surface area contributed by atoms with Crippen molar-refractivity contribution < 1.29 is 0 Å². The molecule has 3 rings (SSSR count). The van der Waals surface area contributed by atoms with Crippen molar-refractivity contribution >= 4 is 38.0 Å². The highest BCUT2D eigenvalue weighted by Gasteiger charge is 2.15. The van der Waals surface area contributed by atoms with E-state index in [0.717, 1.165) is 5.69 Å². The lowest BCUT2D eigenvalue weighted by molar-refractivity contribution is 1.47. The third-order valence-corrected chi connectivity index (χ3v) is 4.67. The van der Waals surface area contributed by atoms with E-state index in [4.69, 9.17) is 5.73 Å². The largest absolute Gasteiger partial charge is 0.398 e. The first-order chi connectivity index (χ1) is 6.36. The first kappa shape index (κ1) is 7.59. The molecule has 0 aliphatic carbocycles. The number of benzene rings is 2. The van der Waals surface area contributed by atoms with Gasteiger partial charge in [-0.05, 0) is 18.2 Å². The van der Waals surface area contributed by atoms with Crippen molar-refractivity contribution in [3.05, 3.63) is 30.3 Å². The third-order valence-electron chi connectivity index (χ3n) is 2.22. The van der Waals surface area contributed by atoms with Gasteiger partial charge in [0.05, 0.1) is 0 Å². The lowest BCUT2D eigenvalue weighted by Gasteiger charge is -2.02. The molecule has 64 valence electrons. The van der Waals surface area contributed by atoms with Crippen LogP contribution in [-0.4, -0.2) is 0 Å². The second kappa shape index (κ2) is 2.59. The predicted octanol–water partition coefficient (Wildman–Crippen LogP) is 3.53. The van der Waals surface area contributed by atoms with Gasteiger partial charge in [-0.3, -0.25) is 0 Å². The van der Waals surface area contributed by atoms with Crippen molar-refractivity contribution in [2.45, 2.75) is 9.79 Å². The number of hydrogen-bond acceptors (Lipinski definition) is 3. The summed E-state index contributed by atoms with van der Waals surface area (Å²) < 4.78 is 0. The normalized spacial score (nSPS) is 13.8. The number of hydrogen-bond donors (Lipinski definition) is 1. The summed E-state index contributed by atoms with van der Waals surface area (Å²) in [6.45, 7) is 0. The van der Waals surface area contributed by atoms with Crippen LogP contribution in [-0.2, 0) is 0 Å². The minimum Gasteiger partial charge on any atom is -0.398 e. The first-order valence-electron chi connectivity index (χ1n) is 4.02. The molecule has 0 saturated heterocycles. The molecular weight excluding hydrogens is 198 g/mol. The Hall–Kier alpha value is -0.800. The highest BCUT2D eigenvalue weighted by atomic mass is 33.1. The predicted molar refractivity (Wildman–Crippen MR) is 60.1 cm³/mol. The van der Waals surface area contributed by atoms with Gasteiger partial charge in [0.2, 0.25) is 0 Å². The average molecular weight is 205 g/mol. The minimum atomic E-state index is 0.878. The minimum absolute atomic E-state index is 0.878. The van der Waals surface area contributed by atoms with Crippen LogP contribution in [0.2, 0.25) is 0 Å². The monoisotopic (exact) mass is 205 g/mol. The number of anilines is 1. The molecular formula is C10H7NS2. The van der Waals surface area contributed by atoms with Crippen LogP contribution in [0.5, 0.6) is 0 Å². The van der Waals surface area contributed by atoms with Crippen molar-refractivity contribution in [1.82, 2.24) is 0 Å². The summed E-state index contributed by atoms with van der Waals surface area (Å²) >= 11 is 0. The van der Waals surface area contributed by atoms with Crippen molar-refractivity contribution in [1.29, 1.82) is 0 Å². The van der Waals surface area contributed by atoms with Crippen LogP contribution in [0.1, 0.15) is 0 Å². The van der Waals surface area contributed by atoms with E-state index in [2.05, 4.69) is 24.3 Å². The molecule has 1 aliphatic rings. The van der Waals surface area contributed by atoms with Crippen LogP contribution in [0, 0.1) is 0 Å². The van der Waals surface area contributed by atoms with E-state index in [1.165, 1.54) is 20.6 Å². The van der Waals surface area contributed by atoms with E-state index in [0.29, 0.717) is 0 Å². The zero-order valence-corrected chi connectivity index (χ0v) is 8.41. The molecule has 1 nitrogen and oxygen atoms in total. The van der Waals surface area contributed by atoms with E-state index in [-0.39, 0.29) is 0 Å². The highest BCUT2D eigenvalue weighted by Crippen LogP contribution is 2.52. The van der Waals surface area contributed by atoms with Crippen LogP contribution in [0.3, 0.4) is 0 Å². The molecule has 0 bridgehead atoms. The maximum atomic E-state index is 5.90. The summed E-state index contributed by atoms with van der Waals surface area (Å²) in [4.78, 5) is 2.68. The Kier molecular flexibility index (Phi) is 1.51. The number of nitrogen functional groups attached to an aromatic ring is 1. The van der Waals surface area contributed by atoms with Gasteiger partial charge < -0.3 is 5.73 Å². The molecule has 2 N–H and O–H groups in total. The fourth-order valence-electron chi connectivity index (χ4n) is 1.59. The molecule has 0 fully saturated rings. The lowest BCUT2D eigenvalue weighted by Crippen LogP contribution is -1.86. The fourth-order valence-corrected chi connectivity index (χ4v) is 4.07. The van der Waals surface area contributed by atoms with Gasteiger partial charge in [0.15, 0.2) is 0 Å². The molecule has 13 heavy (non-hydrogen) atoms. The van der Waals surface area contributed by atoms with Crippen molar-refractivity contribution in [2.75, 3.05) is 5.73 Å². The van der Waals surface area contributed by atoms with Gasteiger partial charge in [-0.2, -0.15) is 0 Å². The zero-order valence-electron chi connectivity index (χ0n) is 6.78. The smallest absolute Gasteiger partial charge is 0.0394 e. The number of rotatable bonds is 0. The van der Waals surface area contributed by atoms with Crippen LogP contribution in [0.25, 0.3) is 10.8 Å². The molecule has 0 atom stereocenters. The molecule has 0 amide bonds. The molecule has 2 aromatic rings. The summed E-state index contributed by atoms with van der Waals surface area (Å²) in [5.41, 5.74) is 6.78. The fraction of sp³-hybridized carbons (Fsp3) is 0. The molecule has 0 spiro atoms. The maximum Gasteiger partial charge on any atom is 0.0394 e. The Morgan fingerprint density at radius 2 is 1.69 bits per heavy atom. The summed E-state index contributed by atoms with van der Waals surface area (Å²) in [6, 6.07) is 10.4. The molecule has 0 radical (unpaired) electrons. The zero-order chi connectivity index (χ0) is 8.84. The Morgan fingerprint density at radius 3 is 2.54 bits per heavy atom. The first-order valence-corrected chi connectivity index (χ1v) is 6.17. The molecule has 0 aromatic heterocycles. The molecule has 2 aromatic carbocycles. The topological polar surface area (TPSA) is 26.0 Å². The van der Waals surface area contributed by atoms with Crippen molar-refractivity contribution in [3.8, 4) is 0 Å². The van der Waals surface area contributed by atoms with E-state index in [1.54, 1.807) is 0 Å². The van der Waals surface area contributed by atoms with Gasteiger partial charge in [0.1, 0.15) is 0 Å². The second-order valence-corrected chi connectivity index (χ2v) is 5.21. The Labute approximate surface area is 84.1 Å². The van der Waals surface area contributed by atoms with Crippen LogP contribution < -0.4 is 5.73 Å². The van der Waals surface area contributed by atoms with Gasteiger partial charge in [-0.25, -0.2) is 0 Å². The third kappa shape index (κ3) is 0.974. The summed E-state index contributed by atoms with van der Waals surface area (Å²) in [5.74, 6) is 0. The van der Waals surface area contributed by atoms with E-state index in [9.17, 15) is 0 Å². The van der Waals surface area contributed by atoms with E-state index < -0.39 is 0 Å². The average Bonchev–Trinajstić information content (AvgIpc) is 2.57. The van der Waals surface area contributed by atoms with Gasteiger partial charge in [-0.1, -0.05) is 33.7 Å². The number of nitrogens with two attached hydrogens (primary N) is 1. The molecule has 3 heteroatoms. The molecule has 1 heterocycles.